The normalized spacial score (nSPS) is 18.2. The number of methoxy groups -OCH3 is 1. The van der Waals surface area contributed by atoms with Crippen LogP contribution >= 0.6 is 0 Å². The summed E-state index contributed by atoms with van der Waals surface area (Å²) in [5.41, 5.74) is 4.14. The van der Waals surface area contributed by atoms with Crippen molar-refractivity contribution in [1.29, 1.82) is 0 Å². The van der Waals surface area contributed by atoms with E-state index in [1.54, 1.807) is 7.11 Å². The third-order valence-corrected chi connectivity index (χ3v) is 5.46. The molecule has 0 aliphatic carbocycles. The Hall–Kier alpha value is -2.75. The largest absolute Gasteiger partial charge is 0.493 e. The quantitative estimate of drug-likeness (QED) is 0.746. The van der Waals surface area contributed by atoms with E-state index < -0.39 is 0 Å². The maximum atomic E-state index is 12.6. The van der Waals surface area contributed by atoms with Gasteiger partial charge in [-0.3, -0.25) is 4.79 Å². The first-order chi connectivity index (χ1) is 13.1. The minimum atomic E-state index is 0.205. The summed E-state index contributed by atoms with van der Waals surface area (Å²) in [6.45, 7) is 4.51. The third-order valence-electron chi connectivity index (χ3n) is 5.46. The second-order valence-electron chi connectivity index (χ2n) is 7.34. The van der Waals surface area contributed by atoms with Crippen molar-refractivity contribution in [3.05, 3.63) is 64.9 Å². The van der Waals surface area contributed by atoms with Crippen molar-refractivity contribution in [2.24, 2.45) is 5.92 Å². The van der Waals surface area contributed by atoms with Crippen molar-refractivity contribution in [2.75, 3.05) is 20.2 Å². The maximum Gasteiger partial charge on any atom is 0.182 e. The average molecular weight is 363 g/mol. The topological polar surface area (TPSA) is 38.8 Å². The Kier molecular flexibility index (Phi) is 4.88. The van der Waals surface area contributed by atoms with Crippen LogP contribution in [0.15, 0.2) is 48.2 Å². The van der Waals surface area contributed by atoms with Crippen LogP contribution in [0.3, 0.4) is 0 Å². The minimum Gasteiger partial charge on any atom is -0.493 e. The Morgan fingerprint density at radius 3 is 2.48 bits per heavy atom. The molecule has 0 N–H and O–H groups in total. The summed E-state index contributed by atoms with van der Waals surface area (Å²) in [6, 6.07) is 14.1. The van der Waals surface area contributed by atoms with Crippen molar-refractivity contribution in [3.63, 3.8) is 0 Å². The second kappa shape index (κ2) is 7.47. The molecule has 0 spiro atoms. The van der Waals surface area contributed by atoms with E-state index >= 15 is 0 Å². The van der Waals surface area contributed by atoms with Crippen LogP contribution in [0.1, 0.15) is 29.5 Å². The molecule has 3 aliphatic heterocycles. The fourth-order valence-corrected chi connectivity index (χ4v) is 3.81. The van der Waals surface area contributed by atoms with E-state index in [2.05, 4.69) is 36.1 Å². The Morgan fingerprint density at radius 1 is 1.07 bits per heavy atom. The molecule has 4 heteroatoms. The number of allylic oxidation sites excluding steroid dienone is 1. The van der Waals surface area contributed by atoms with E-state index in [0.717, 1.165) is 42.8 Å². The Balaban J connectivity index is 1.56. The fourth-order valence-electron chi connectivity index (χ4n) is 3.81. The number of nitrogens with zero attached hydrogens (tertiary/aromatic N) is 1. The number of Topliss-reactive ketones (excluding diaryl/α,β-unsaturated/α-hetero) is 1. The molecule has 0 radical (unpaired) electrons. The van der Waals surface area contributed by atoms with Gasteiger partial charge in [0.05, 0.1) is 12.8 Å². The highest BCUT2D eigenvalue weighted by molar-refractivity contribution is 6.01. The first kappa shape index (κ1) is 17.7. The number of rotatable bonds is 5. The highest BCUT2D eigenvalue weighted by atomic mass is 16.5. The van der Waals surface area contributed by atoms with Crippen LogP contribution in [0.2, 0.25) is 0 Å². The highest BCUT2D eigenvalue weighted by Crippen LogP contribution is 2.34. The number of hydrogen-bond donors (Lipinski definition) is 0. The van der Waals surface area contributed by atoms with Crippen molar-refractivity contribution in [1.82, 2.24) is 4.90 Å². The minimum absolute atomic E-state index is 0.205. The summed E-state index contributed by atoms with van der Waals surface area (Å²) in [7, 11) is 1.64. The molecule has 0 amide bonds. The molecule has 3 saturated heterocycles. The molecule has 3 heterocycles. The third kappa shape index (κ3) is 3.70. The van der Waals surface area contributed by atoms with Gasteiger partial charge in [-0.2, -0.15) is 0 Å². The molecule has 27 heavy (non-hydrogen) atoms. The summed E-state index contributed by atoms with van der Waals surface area (Å²) >= 11 is 0. The molecule has 3 fully saturated rings. The van der Waals surface area contributed by atoms with Gasteiger partial charge in [-0.1, -0.05) is 35.9 Å². The number of fused-ring (bicyclic) bond motifs is 3. The number of aryl methyl sites for hydroxylation is 1. The first-order valence-electron chi connectivity index (χ1n) is 9.51. The summed E-state index contributed by atoms with van der Waals surface area (Å²) in [5.74, 6) is 1.87. The van der Waals surface area contributed by atoms with Crippen LogP contribution in [0, 0.1) is 12.8 Å². The van der Waals surface area contributed by atoms with Gasteiger partial charge in [0.1, 0.15) is 6.61 Å². The van der Waals surface area contributed by atoms with Gasteiger partial charge in [-0.15, -0.1) is 0 Å². The van der Waals surface area contributed by atoms with Gasteiger partial charge in [0.2, 0.25) is 0 Å². The Bertz CT molecular complexity index is 862. The number of carbonyl (C=O) groups is 1. The number of ether oxygens (including phenoxy) is 2. The van der Waals surface area contributed by atoms with Crippen molar-refractivity contribution in [3.8, 4) is 11.5 Å². The number of benzene rings is 2. The number of hydrogen-bond acceptors (Lipinski definition) is 4. The first-order valence-corrected chi connectivity index (χ1v) is 9.51. The molecule has 0 saturated carbocycles. The SMILES string of the molecule is COc1ccc(/C=C2/C(=O)C3CCN2CC3)cc1OCc1ccc(C)cc1. The zero-order valence-electron chi connectivity index (χ0n) is 15.9. The zero-order chi connectivity index (χ0) is 18.8. The molecular weight excluding hydrogens is 338 g/mol. The van der Waals surface area contributed by atoms with E-state index in [1.165, 1.54) is 5.56 Å². The number of piperidine rings is 3. The van der Waals surface area contributed by atoms with Crippen LogP contribution in [0.25, 0.3) is 6.08 Å². The Morgan fingerprint density at radius 2 is 1.81 bits per heavy atom. The van der Waals surface area contributed by atoms with Crippen molar-refractivity contribution < 1.29 is 14.3 Å². The van der Waals surface area contributed by atoms with Crippen LogP contribution in [0.5, 0.6) is 11.5 Å². The van der Waals surface area contributed by atoms with Crippen LogP contribution < -0.4 is 9.47 Å². The van der Waals surface area contributed by atoms with E-state index in [-0.39, 0.29) is 11.7 Å². The maximum absolute atomic E-state index is 12.6. The van der Waals surface area contributed by atoms with Crippen LogP contribution in [0.4, 0.5) is 0 Å². The molecule has 2 aromatic rings. The van der Waals surface area contributed by atoms with Crippen LogP contribution in [-0.4, -0.2) is 30.9 Å². The fraction of sp³-hybridized carbons (Fsp3) is 0.348. The molecule has 0 atom stereocenters. The average Bonchev–Trinajstić information content (AvgIpc) is 2.71. The lowest BCUT2D eigenvalue weighted by Gasteiger charge is -2.41. The van der Waals surface area contributed by atoms with E-state index in [0.29, 0.717) is 18.1 Å². The second-order valence-corrected chi connectivity index (χ2v) is 7.34. The predicted molar refractivity (Wildman–Crippen MR) is 106 cm³/mol. The summed E-state index contributed by atoms with van der Waals surface area (Å²) in [6.07, 6.45) is 3.97. The van der Waals surface area contributed by atoms with Crippen molar-refractivity contribution >= 4 is 11.9 Å². The van der Waals surface area contributed by atoms with Gasteiger partial charge in [0.15, 0.2) is 17.3 Å². The lowest BCUT2D eigenvalue weighted by Crippen LogP contribution is -2.45. The standard InChI is InChI=1S/C23H25NO3/c1-16-3-5-17(6-4-16)15-27-22-14-18(7-8-21(22)26-2)13-20-23(25)19-9-11-24(20)12-10-19/h3-8,13-14,19H,9-12,15H2,1-2H3/b20-13-. The molecular formula is C23H25NO3. The van der Waals surface area contributed by atoms with Gasteiger partial charge in [-0.25, -0.2) is 0 Å². The lowest BCUT2D eigenvalue weighted by atomic mass is 9.84. The molecule has 3 aliphatic rings. The van der Waals surface area contributed by atoms with Gasteiger partial charge in [0.25, 0.3) is 0 Å². The summed E-state index contributed by atoms with van der Waals surface area (Å²) < 4.78 is 11.5. The highest BCUT2D eigenvalue weighted by Gasteiger charge is 2.36. The monoisotopic (exact) mass is 363 g/mol. The molecule has 2 bridgehead atoms. The number of carbonyl (C=O) groups excluding carboxylic acids is 1. The van der Waals surface area contributed by atoms with Gasteiger partial charge in [-0.05, 0) is 49.1 Å². The Labute approximate surface area is 160 Å². The summed E-state index contributed by atoms with van der Waals surface area (Å²) in [4.78, 5) is 14.8. The molecule has 0 unspecified atom stereocenters. The van der Waals surface area contributed by atoms with Crippen molar-refractivity contribution in [2.45, 2.75) is 26.4 Å². The van der Waals surface area contributed by atoms with E-state index in [9.17, 15) is 4.79 Å². The molecule has 0 aromatic heterocycles. The lowest BCUT2D eigenvalue weighted by molar-refractivity contribution is -0.125. The predicted octanol–water partition coefficient (Wildman–Crippen LogP) is 4.22. The smallest absolute Gasteiger partial charge is 0.182 e. The molecule has 140 valence electrons. The summed E-state index contributed by atoms with van der Waals surface area (Å²) in [5, 5.41) is 0. The molecule has 5 rings (SSSR count). The van der Waals surface area contributed by atoms with Crippen LogP contribution in [-0.2, 0) is 11.4 Å². The number of ketones is 1. The van der Waals surface area contributed by atoms with E-state index in [1.807, 2.05) is 24.3 Å². The van der Waals surface area contributed by atoms with Gasteiger partial charge >= 0.3 is 0 Å². The van der Waals surface area contributed by atoms with Gasteiger partial charge < -0.3 is 14.4 Å². The molecule has 4 nitrogen and oxygen atoms in total. The molecule has 2 aromatic carbocycles. The van der Waals surface area contributed by atoms with Gasteiger partial charge in [0, 0.05) is 19.0 Å². The van der Waals surface area contributed by atoms with E-state index in [4.69, 9.17) is 9.47 Å². The zero-order valence-corrected chi connectivity index (χ0v) is 15.9.